The average molecular weight is 507 g/mol. The Morgan fingerprint density at radius 2 is 1.58 bits per heavy atom. The molecule has 0 bridgehead atoms. The molecule has 1 N–H and O–H groups in total. The van der Waals surface area contributed by atoms with E-state index in [-0.39, 0.29) is 24.3 Å². The highest BCUT2D eigenvalue weighted by atomic mass is 35.5. The molecule has 2 amide bonds. The average Bonchev–Trinajstić information content (AvgIpc) is 2.86. The molecule has 0 aliphatic carbocycles. The molecule has 0 aliphatic rings. The third-order valence-electron chi connectivity index (χ3n) is 5.79. The number of ether oxygens (including phenoxy) is 1. The second-order valence-corrected chi connectivity index (χ2v) is 9.72. The van der Waals surface area contributed by atoms with Crippen molar-refractivity contribution in [3.63, 3.8) is 0 Å². The molecule has 0 spiro atoms. The highest BCUT2D eigenvalue weighted by molar-refractivity contribution is 6.30. The molecule has 3 aromatic carbocycles. The number of carbonyl (C=O) groups excluding carboxylic acids is 2. The van der Waals surface area contributed by atoms with E-state index in [0.29, 0.717) is 31.0 Å². The topological polar surface area (TPSA) is 58.6 Å². The van der Waals surface area contributed by atoms with Crippen LogP contribution in [0.5, 0.6) is 5.75 Å². The fourth-order valence-corrected chi connectivity index (χ4v) is 4.04. The molecule has 0 aromatic heterocycles. The van der Waals surface area contributed by atoms with E-state index in [0.717, 1.165) is 16.9 Å². The summed E-state index contributed by atoms with van der Waals surface area (Å²) in [7, 11) is 0. The molecular formula is C30H35ClN2O3. The van der Waals surface area contributed by atoms with Crippen molar-refractivity contribution in [3.8, 4) is 5.75 Å². The summed E-state index contributed by atoms with van der Waals surface area (Å²) < 4.78 is 5.81. The number of carbonyl (C=O) groups is 2. The van der Waals surface area contributed by atoms with E-state index in [4.69, 9.17) is 16.3 Å². The zero-order valence-electron chi connectivity index (χ0n) is 21.2. The minimum atomic E-state index is -0.643. The Bertz CT molecular complexity index is 1100. The van der Waals surface area contributed by atoms with E-state index in [9.17, 15) is 9.59 Å². The molecule has 5 nitrogen and oxygen atoms in total. The lowest BCUT2D eigenvalue weighted by molar-refractivity contribution is -0.141. The van der Waals surface area contributed by atoms with E-state index in [1.807, 2.05) is 87.5 Å². The van der Waals surface area contributed by atoms with Crippen LogP contribution < -0.4 is 10.1 Å². The summed E-state index contributed by atoms with van der Waals surface area (Å²) in [6.07, 6.45) is 1.26. The SMILES string of the molecule is Cc1ccc(OCCCC(=O)N(Cc2ccc(Cl)cc2)[C@@H](Cc2ccccc2)C(=O)NC(C)C)cc1. The van der Waals surface area contributed by atoms with Crippen molar-refractivity contribution in [2.45, 2.75) is 58.7 Å². The van der Waals surface area contributed by atoms with Gasteiger partial charge in [0.15, 0.2) is 0 Å². The first-order valence-corrected chi connectivity index (χ1v) is 12.8. The first-order valence-electron chi connectivity index (χ1n) is 12.4. The number of nitrogens with one attached hydrogen (secondary N) is 1. The van der Waals surface area contributed by atoms with Gasteiger partial charge in [-0.15, -0.1) is 0 Å². The number of hydrogen-bond acceptors (Lipinski definition) is 3. The van der Waals surface area contributed by atoms with Gasteiger partial charge in [-0.05, 0) is 62.6 Å². The fourth-order valence-electron chi connectivity index (χ4n) is 3.91. The van der Waals surface area contributed by atoms with Crippen LogP contribution in [-0.2, 0) is 22.6 Å². The van der Waals surface area contributed by atoms with Crippen molar-refractivity contribution in [2.24, 2.45) is 0 Å². The van der Waals surface area contributed by atoms with E-state index in [1.54, 1.807) is 17.0 Å². The summed E-state index contributed by atoms with van der Waals surface area (Å²) in [6, 6.07) is 24.3. The van der Waals surface area contributed by atoms with Gasteiger partial charge in [-0.2, -0.15) is 0 Å². The Labute approximate surface area is 219 Å². The van der Waals surface area contributed by atoms with Gasteiger partial charge in [-0.3, -0.25) is 9.59 Å². The highest BCUT2D eigenvalue weighted by Gasteiger charge is 2.30. The Kier molecular flexibility index (Phi) is 10.4. The molecule has 3 rings (SSSR count). The Morgan fingerprint density at radius 3 is 2.22 bits per heavy atom. The monoisotopic (exact) mass is 506 g/mol. The third-order valence-corrected chi connectivity index (χ3v) is 6.04. The van der Waals surface area contributed by atoms with Gasteiger partial charge in [0.05, 0.1) is 6.61 Å². The molecule has 190 valence electrons. The predicted molar refractivity (Wildman–Crippen MR) is 145 cm³/mol. The van der Waals surface area contributed by atoms with Crippen molar-refractivity contribution in [1.82, 2.24) is 10.2 Å². The van der Waals surface area contributed by atoms with E-state index in [2.05, 4.69) is 5.32 Å². The Balaban J connectivity index is 1.77. The number of rotatable bonds is 12. The maximum atomic E-state index is 13.6. The molecular weight excluding hydrogens is 472 g/mol. The highest BCUT2D eigenvalue weighted by Crippen LogP contribution is 2.19. The Morgan fingerprint density at radius 1 is 0.917 bits per heavy atom. The third kappa shape index (κ3) is 8.72. The number of amides is 2. The van der Waals surface area contributed by atoms with Gasteiger partial charge in [0, 0.05) is 30.5 Å². The lowest BCUT2D eigenvalue weighted by atomic mass is 10.0. The molecule has 0 fully saturated rings. The summed E-state index contributed by atoms with van der Waals surface area (Å²) in [6.45, 7) is 6.61. The van der Waals surface area contributed by atoms with Gasteiger partial charge in [0.1, 0.15) is 11.8 Å². The van der Waals surface area contributed by atoms with Crippen molar-refractivity contribution < 1.29 is 14.3 Å². The Hall–Kier alpha value is -3.31. The standard InChI is InChI=1S/C30H35ClN2O3/c1-22(2)32-30(35)28(20-24-8-5-4-6-9-24)33(21-25-13-15-26(31)16-14-25)29(34)10-7-19-36-27-17-11-23(3)12-18-27/h4-6,8-9,11-18,22,28H,7,10,19-21H2,1-3H3,(H,32,35)/t28-/m0/s1. The van der Waals surface area contributed by atoms with Gasteiger partial charge < -0.3 is 15.0 Å². The normalized spacial score (nSPS) is 11.7. The number of hydrogen-bond donors (Lipinski definition) is 1. The quantitative estimate of drug-likeness (QED) is 0.308. The van der Waals surface area contributed by atoms with E-state index in [1.165, 1.54) is 5.56 Å². The summed E-state index contributed by atoms with van der Waals surface area (Å²) in [5.41, 5.74) is 3.08. The fraction of sp³-hybridized carbons (Fsp3) is 0.333. The van der Waals surface area contributed by atoms with E-state index < -0.39 is 6.04 Å². The zero-order chi connectivity index (χ0) is 25.9. The molecule has 0 radical (unpaired) electrons. The van der Waals surface area contributed by atoms with Crippen molar-refractivity contribution in [1.29, 1.82) is 0 Å². The van der Waals surface area contributed by atoms with Crippen LogP contribution in [0.1, 0.15) is 43.4 Å². The van der Waals surface area contributed by atoms with Crippen LogP contribution in [0.3, 0.4) is 0 Å². The second kappa shape index (κ2) is 13.7. The maximum absolute atomic E-state index is 13.6. The summed E-state index contributed by atoms with van der Waals surface area (Å²) >= 11 is 6.07. The molecule has 3 aromatic rings. The summed E-state index contributed by atoms with van der Waals surface area (Å²) in [5, 5.41) is 3.64. The van der Waals surface area contributed by atoms with Crippen LogP contribution in [-0.4, -0.2) is 35.4 Å². The van der Waals surface area contributed by atoms with Crippen molar-refractivity contribution in [2.75, 3.05) is 6.61 Å². The van der Waals surface area contributed by atoms with Crippen LogP contribution in [0, 0.1) is 6.92 Å². The van der Waals surface area contributed by atoms with Gasteiger partial charge in [0.2, 0.25) is 11.8 Å². The van der Waals surface area contributed by atoms with E-state index >= 15 is 0 Å². The molecule has 1 atom stereocenters. The van der Waals surface area contributed by atoms with Crippen molar-refractivity contribution >= 4 is 23.4 Å². The van der Waals surface area contributed by atoms with Crippen molar-refractivity contribution in [3.05, 3.63) is 101 Å². The summed E-state index contributed by atoms with van der Waals surface area (Å²) in [4.78, 5) is 28.6. The number of aryl methyl sites for hydroxylation is 1. The minimum absolute atomic E-state index is 0.0360. The number of benzene rings is 3. The van der Waals surface area contributed by atoms with Crippen LogP contribution in [0.25, 0.3) is 0 Å². The smallest absolute Gasteiger partial charge is 0.243 e. The molecule has 0 saturated heterocycles. The molecule has 6 heteroatoms. The first kappa shape index (κ1) is 27.3. The van der Waals surface area contributed by atoms with Crippen LogP contribution in [0.4, 0.5) is 0 Å². The molecule has 0 aliphatic heterocycles. The molecule has 0 heterocycles. The minimum Gasteiger partial charge on any atom is -0.494 e. The molecule has 0 saturated carbocycles. The summed E-state index contributed by atoms with van der Waals surface area (Å²) in [5.74, 6) is 0.536. The maximum Gasteiger partial charge on any atom is 0.243 e. The van der Waals surface area contributed by atoms with Gasteiger partial charge in [0.25, 0.3) is 0 Å². The number of halogens is 1. The van der Waals surface area contributed by atoms with Crippen LogP contribution in [0.2, 0.25) is 5.02 Å². The van der Waals surface area contributed by atoms with Crippen LogP contribution >= 0.6 is 11.6 Å². The van der Waals surface area contributed by atoms with Gasteiger partial charge in [-0.1, -0.05) is 71.8 Å². The van der Waals surface area contributed by atoms with Gasteiger partial charge >= 0.3 is 0 Å². The first-order chi connectivity index (χ1) is 17.3. The lowest BCUT2D eigenvalue weighted by Gasteiger charge is -2.32. The zero-order valence-corrected chi connectivity index (χ0v) is 22.0. The predicted octanol–water partition coefficient (Wildman–Crippen LogP) is 5.97. The molecule has 36 heavy (non-hydrogen) atoms. The second-order valence-electron chi connectivity index (χ2n) is 9.28. The molecule has 0 unspecified atom stereocenters. The largest absolute Gasteiger partial charge is 0.494 e. The number of nitrogens with zero attached hydrogens (tertiary/aromatic N) is 1. The van der Waals surface area contributed by atoms with Crippen LogP contribution in [0.15, 0.2) is 78.9 Å². The van der Waals surface area contributed by atoms with Gasteiger partial charge in [-0.25, -0.2) is 0 Å². The lowest BCUT2D eigenvalue weighted by Crippen LogP contribution is -2.51.